The van der Waals surface area contributed by atoms with E-state index in [4.69, 9.17) is 0 Å². The van der Waals surface area contributed by atoms with Gasteiger partial charge in [-0.2, -0.15) is 0 Å². The molecule has 5 heteroatoms. The van der Waals surface area contributed by atoms with Crippen LogP contribution in [0.3, 0.4) is 0 Å². The van der Waals surface area contributed by atoms with Gasteiger partial charge in [0.2, 0.25) is 0 Å². The highest BCUT2D eigenvalue weighted by Gasteiger charge is 2.26. The van der Waals surface area contributed by atoms with E-state index in [0.29, 0.717) is 5.92 Å². The smallest absolute Gasteiger partial charge is 0.147 e. The van der Waals surface area contributed by atoms with E-state index in [1.54, 1.807) is 0 Å². The summed E-state index contributed by atoms with van der Waals surface area (Å²) in [7, 11) is 0. The molecule has 2 aliphatic rings. The van der Waals surface area contributed by atoms with Gasteiger partial charge in [-0.1, -0.05) is 24.3 Å². The molecule has 0 aliphatic carbocycles. The third-order valence-corrected chi connectivity index (χ3v) is 6.34. The standard InChI is InChI=1S/C22H33N5/c1-3-27-21(17-25-12-6-7-13-25)23-24-22(27)19-10-14-26(15-11-19)16-20-9-5-4-8-18(20)2/h4-5,8-9,19H,3,6-7,10-17H2,1-2H3. The Labute approximate surface area is 163 Å². The van der Waals surface area contributed by atoms with E-state index < -0.39 is 0 Å². The first-order valence-electron chi connectivity index (χ1n) is 10.7. The zero-order chi connectivity index (χ0) is 18.6. The van der Waals surface area contributed by atoms with Gasteiger partial charge in [0.15, 0.2) is 0 Å². The fourth-order valence-corrected chi connectivity index (χ4v) is 4.63. The SMILES string of the molecule is CCn1c(CN2CCCC2)nnc1C1CCN(Cc2ccccc2C)CC1. The second-order valence-electron chi connectivity index (χ2n) is 8.18. The Kier molecular flexibility index (Phi) is 5.89. The van der Waals surface area contributed by atoms with Gasteiger partial charge >= 0.3 is 0 Å². The monoisotopic (exact) mass is 367 g/mol. The molecule has 0 spiro atoms. The van der Waals surface area contributed by atoms with Crippen molar-refractivity contribution >= 4 is 0 Å². The number of nitrogens with zero attached hydrogens (tertiary/aromatic N) is 5. The molecule has 0 atom stereocenters. The number of rotatable bonds is 6. The van der Waals surface area contributed by atoms with Gasteiger partial charge in [0.25, 0.3) is 0 Å². The Balaban J connectivity index is 1.37. The average Bonchev–Trinajstić information content (AvgIpc) is 3.34. The number of benzene rings is 1. The predicted octanol–water partition coefficient (Wildman–Crippen LogP) is 3.58. The minimum absolute atomic E-state index is 0.554. The van der Waals surface area contributed by atoms with Crippen molar-refractivity contribution in [2.75, 3.05) is 26.2 Å². The highest BCUT2D eigenvalue weighted by atomic mass is 15.3. The normalized spacial score (nSPS) is 19.8. The second-order valence-corrected chi connectivity index (χ2v) is 8.18. The van der Waals surface area contributed by atoms with Gasteiger partial charge in [-0.05, 0) is 76.8 Å². The number of hydrogen-bond donors (Lipinski definition) is 0. The van der Waals surface area contributed by atoms with Crippen molar-refractivity contribution in [3.05, 3.63) is 47.0 Å². The summed E-state index contributed by atoms with van der Waals surface area (Å²) in [5.74, 6) is 2.94. The molecular weight excluding hydrogens is 334 g/mol. The first-order valence-corrected chi connectivity index (χ1v) is 10.7. The highest BCUT2D eigenvalue weighted by molar-refractivity contribution is 5.25. The molecule has 27 heavy (non-hydrogen) atoms. The molecule has 1 aromatic carbocycles. The Morgan fingerprint density at radius 1 is 0.926 bits per heavy atom. The molecule has 0 bridgehead atoms. The molecule has 0 unspecified atom stereocenters. The van der Waals surface area contributed by atoms with Crippen LogP contribution in [0.2, 0.25) is 0 Å². The number of hydrogen-bond acceptors (Lipinski definition) is 4. The van der Waals surface area contributed by atoms with Gasteiger partial charge < -0.3 is 4.57 Å². The first-order chi connectivity index (χ1) is 13.2. The summed E-state index contributed by atoms with van der Waals surface area (Å²) in [4.78, 5) is 5.11. The number of piperidine rings is 1. The van der Waals surface area contributed by atoms with Crippen LogP contribution in [0.25, 0.3) is 0 Å². The molecule has 0 amide bonds. The van der Waals surface area contributed by atoms with Crippen LogP contribution in [0.1, 0.15) is 61.3 Å². The molecule has 0 saturated carbocycles. The van der Waals surface area contributed by atoms with E-state index in [1.165, 1.54) is 55.7 Å². The number of aromatic nitrogens is 3. The number of aryl methyl sites for hydroxylation is 1. The lowest BCUT2D eigenvalue weighted by Crippen LogP contribution is -2.33. The van der Waals surface area contributed by atoms with Crippen molar-refractivity contribution in [2.24, 2.45) is 0 Å². The Morgan fingerprint density at radius 3 is 2.33 bits per heavy atom. The summed E-state index contributed by atoms with van der Waals surface area (Å²) < 4.78 is 2.39. The minimum Gasteiger partial charge on any atom is -0.314 e. The molecule has 2 fully saturated rings. The summed E-state index contributed by atoms with van der Waals surface area (Å²) in [6.07, 6.45) is 5.03. The summed E-state index contributed by atoms with van der Waals surface area (Å²) in [6, 6.07) is 8.76. The van der Waals surface area contributed by atoms with E-state index in [0.717, 1.165) is 38.5 Å². The zero-order valence-electron chi connectivity index (χ0n) is 16.9. The highest BCUT2D eigenvalue weighted by Crippen LogP contribution is 2.28. The minimum atomic E-state index is 0.554. The topological polar surface area (TPSA) is 37.2 Å². The van der Waals surface area contributed by atoms with Crippen molar-refractivity contribution in [1.29, 1.82) is 0 Å². The number of likely N-dealkylation sites (tertiary alicyclic amines) is 2. The van der Waals surface area contributed by atoms with Crippen LogP contribution >= 0.6 is 0 Å². The van der Waals surface area contributed by atoms with E-state index in [1.807, 2.05) is 0 Å². The summed E-state index contributed by atoms with van der Waals surface area (Å²) in [5, 5.41) is 9.23. The van der Waals surface area contributed by atoms with Gasteiger partial charge in [0.05, 0.1) is 6.54 Å². The third kappa shape index (κ3) is 4.25. The van der Waals surface area contributed by atoms with Crippen LogP contribution < -0.4 is 0 Å². The fraction of sp³-hybridized carbons (Fsp3) is 0.636. The maximum absolute atomic E-state index is 4.64. The van der Waals surface area contributed by atoms with Crippen LogP contribution in [0.4, 0.5) is 0 Å². The first kappa shape index (κ1) is 18.6. The lowest BCUT2D eigenvalue weighted by atomic mass is 9.95. The Bertz CT molecular complexity index is 739. The molecule has 2 aliphatic heterocycles. The Morgan fingerprint density at radius 2 is 1.63 bits per heavy atom. The molecule has 1 aromatic heterocycles. The van der Waals surface area contributed by atoms with Gasteiger partial charge in [0, 0.05) is 19.0 Å². The molecule has 0 N–H and O–H groups in total. The van der Waals surface area contributed by atoms with Crippen molar-refractivity contribution in [3.63, 3.8) is 0 Å². The zero-order valence-corrected chi connectivity index (χ0v) is 16.9. The molecular formula is C22H33N5. The van der Waals surface area contributed by atoms with E-state index in [-0.39, 0.29) is 0 Å². The molecule has 2 aromatic rings. The van der Waals surface area contributed by atoms with Crippen LogP contribution in [0.15, 0.2) is 24.3 Å². The van der Waals surface area contributed by atoms with Crippen molar-refractivity contribution in [2.45, 2.75) is 65.1 Å². The van der Waals surface area contributed by atoms with Gasteiger partial charge in [0.1, 0.15) is 11.6 Å². The van der Waals surface area contributed by atoms with Gasteiger partial charge in [-0.25, -0.2) is 0 Å². The predicted molar refractivity (Wildman–Crippen MR) is 109 cm³/mol. The lowest BCUT2D eigenvalue weighted by molar-refractivity contribution is 0.199. The lowest BCUT2D eigenvalue weighted by Gasteiger charge is -2.32. The molecule has 3 heterocycles. The Hall–Kier alpha value is -1.72. The quantitative estimate of drug-likeness (QED) is 0.782. The van der Waals surface area contributed by atoms with E-state index >= 15 is 0 Å². The van der Waals surface area contributed by atoms with Gasteiger partial charge in [-0.15, -0.1) is 10.2 Å². The summed E-state index contributed by atoms with van der Waals surface area (Å²) >= 11 is 0. The molecule has 4 rings (SSSR count). The molecule has 5 nitrogen and oxygen atoms in total. The fourth-order valence-electron chi connectivity index (χ4n) is 4.63. The van der Waals surface area contributed by atoms with Crippen molar-refractivity contribution in [1.82, 2.24) is 24.6 Å². The molecule has 0 radical (unpaired) electrons. The van der Waals surface area contributed by atoms with Crippen LogP contribution in [-0.2, 0) is 19.6 Å². The largest absolute Gasteiger partial charge is 0.314 e. The van der Waals surface area contributed by atoms with Crippen molar-refractivity contribution in [3.8, 4) is 0 Å². The average molecular weight is 368 g/mol. The van der Waals surface area contributed by atoms with Crippen LogP contribution in [0.5, 0.6) is 0 Å². The molecule has 146 valence electrons. The summed E-state index contributed by atoms with van der Waals surface area (Å²) in [6.45, 7) is 12.2. The van der Waals surface area contributed by atoms with Crippen LogP contribution in [0, 0.1) is 6.92 Å². The van der Waals surface area contributed by atoms with Crippen LogP contribution in [-0.4, -0.2) is 50.7 Å². The second kappa shape index (κ2) is 8.53. The maximum atomic E-state index is 4.64. The molecule has 2 saturated heterocycles. The summed E-state index contributed by atoms with van der Waals surface area (Å²) in [5.41, 5.74) is 2.86. The maximum Gasteiger partial charge on any atom is 0.147 e. The van der Waals surface area contributed by atoms with Gasteiger partial charge in [-0.3, -0.25) is 9.80 Å². The van der Waals surface area contributed by atoms with Crippen molar-refractivity contribution < 1.29 is 0 Å². The van der Waals surface area contributed by atoms with E-state index in [2.05, 4.69) is 62.7 Å². The third-order valence-electron chi connectivity index (χ3n) is 6.34. The van der Waals surface area contributed by atoms with E-state index in [9.17, 15) is 0 Å².